The highest BCUT2D eigenvalue weighted by Crippen LogP contribution is 2.31. The fraction of sp³-hybridized carbons (Fsp3) is 0.625. The van der Waals surface area contributed by atoms with E-state index < -0.39 is 0 Å². The molecule has 0 spiro atoms. The van der Waals surface area contributed by atoms with E-state index in [1.54, 1.807) is 0 Å². The average Bonchev–Trinajstić information content (AvgIpc) is 2.31. The molecule has 0 bridgehead atoms. The number of aryl methyl sites for hydroxylation is 1. The van der Waals surface area contributed by atoms with Crippen LogP contribution in [0.25, 0.3) is 0 Å². The maximum atomic E-state index is 6.19. The van der Waals surface area contributed by atoms with Gasteiger partial charge in [-0.25, -0.2) is 0 Å². The third-order valence-electron chi connectivity index (χ3n) is 3.84. The molecule has 2 N–H and O–H groups in total. The largest absolute Gasteiger partial charge is 0.490 e. The molecule has 0 aromatic heterocycles. The van der Waals surface area contributed by atoms with Crippen LogP contribution >= 0.6 is 0 Å². The second-order valence-electron chi connectivity index (χ2n) is 5.84. The number of hydrogen-bond acceptors (Lipinski definition) is 2. The average molecular weight is 247 g/mol. The Hall–Kier alpha value is -1.02. The van der Waals surface area contributed by atoms with Crippen molar-refractivity contribution in [2.45, 2.75) is 58.6 Å². The molecule has 2 rings (SSSR count). The molecule has 0 heterocycles. The third-order valence-corrected chi connectivity index (χ3v) is 3.84. The topological polar surface area (TPSA) is 35.2 Å². The molecule has 100 valence electrons. The van der Waals surface area contributed by atoms with Crippen LogP contribution < -0.4 is 10.5 Å². The first kappa shape index (κ1) is 13.4. The maximum absolute atomic E-state index is 6.19. The second-order valence-corrected chi connectivity index (χ2v) is 5.84. The van der Waals surface area contributed by atoms with Crippen molar-refractivity contribution in [1.29, 1.82) is 0 Å². The van der Waals surface area contributed by atoms with Gasteiger partial charge in [-0.05, 0) is 45.1 Å². The zero-order chi connectivity index (χ0) is 13.1. The van der Waals surface area contributed by atoms with E-state index in [2.05, 4.69) is 32.0 Å². The molecule has 1 fully saturated rings. The van der Waals surface area contributed by atoms with Gasteiger partial charge in [-0.2, -0.15) is 0 Å². The Morgan fingerprint density at radius 2 is 2.11 bits per heavy atom. The van der Waals surface area contributed by atoms with Gasteiger partial charge in [0.1, 0.15) is 5.75 Å². The summed E-state index contributed by atoms with van der Waals surface area (Å²) in [5.74, 6) is 1.77. The van der Waals surface area contributed by atoms with Gasteiger partial charge in [-0.1, -0.05) is 31.0 Å². The van der Waals surface area contributed by atoms with Gasteiger partial charge in [0.2, 0.25) is 0 Å². The van der Waals surface area contributed by atoms with Gasteiger partial charge in [-0.3, -0.25) is 0 Å². The van der Waals surface area contributed by atoms with E-state index >= 15 is 0 Å². The zero-order valence-electron chi connectivity index (χ0n) is 11.8. The van der Waals surface area contributed by atoms with E-state index in [-0.39, 0.29) is 6.04 Å². The van der Waals surface area contributed by atoms with Crippen LogP contribution in [0.3, 0.4) is 0 Å². The van der Waals surface area contributed by atoms with Crippen LogP contribution in [0.2, 0.25) is 0 Å². The van der Waals surface area contributed by atoms with Crippen LogP contribution in [0.4, 0.5) is 0 Å². The summed E-state index contributed by atoms with van der Waals surface area (Å²) in [6.45, 7) is 6.43. The van der Waals surface area contributed by atoms with Crippen LogP contribution in [0, 0.1) is 12.8 Å². The monoisotopic (exact) mass is 247 g/mol. The summed E-state index contributed by atoms with van der Waals surface area (Å²) in [5, 5.41) is 0. The molecule has 0 saturated heterocycles. The zero-order valence-corrected chi connectivity index (χ0v) is 11.8. The lowest BCUT2D eigenvalue weighted by atomic mass is 9.88. The van der Waals surface area contributed by atoms with Crippen molar-refractivity contribution in [3.8, 4) is 5.75 Å². The first-order chi connectivity index (χ1) is 8.56. The molecule has 1 aliphatic carbocycles. The summed E-state index contributed by atoms with van der Waals surface area (Å²) in [6, 6.07) is 6.36. The van der Waals surface area contributed by atoms with Crippen LogP contribution in [0.5, 0.6) is 5.75 Å². The van der Waals surface area contributed by atoms with Crippen molar-refractivity contribution in [3.63, 3.8) is 0 Å². The van der Waals surface area contributed by atoms with Gasteiger partial charge in [0.25, 0.3) is 0 Å². The van der Waals surface area contributed by atoms with Crippen molar-refractivity contribution in [2.24, 2.45) is 11.7 Å². The Morgan fingerprint density at radius 3 is 2.78 bits per heavy atom. The summed E-state index contributed by atoms with van der Waals surface area (Å²) >= 11 is 0. The van der Waals surface area contributed by atoms with E-state index in [4.69, 9.17) is 10.5 Å². The van der Waals surface area contributed by atoms with Gasteiger partial charge >= 0.3 is 0 Å². The van der Waals surface area contributed by atoms with E-state index in [1.807, 2.05) is 6.92 Å². The first-order valence-electron chi connectivity index (χ1n) is 7.09. The smallest absolute Gasteiger partial charge is 0.124 e. The normalized spacial score (nSPS) is 25.8. The van der Waals surface area contributed by atoms with Crippen LogP contribution in [0.15, 0.2) is 18.2 Å². The molecule has 18 heavy (non-hydrogen) atoms. The summed E-state index contributed by atoms with van der Waals surface area (Å²) in [6.07, 6.45) is 5.34. The first-order valence-corrected chi connectivity index (χ1v) is 7.09. The molecular weight excluding hydrogens is 222 g/mol. The fourth-order valence-electron chi connectivity index (χ4n) is 2.80. The number of nitrogens with two attached hydrogens (primary N) is 1. The standard InChI is InChI=1S/C16H25NO/c1-11-5-4-6-14(9-11)18-16-8-7-12(2)10-15(16)13(3)17/h7-8,10-11,13-14H,4-6,9,17H2,1-3H3. The van der Waals surface area contributed by atoms with Crippen LogP contribution in [-0.4, -0.2) is 6.10 Å². The highest BCUT2D eigenvalue weighted by molar-refractivity contribution is 5.38. The number of hydrogen-bond donors (Lipinski definition) is 1. The molecule has 0 aliphatic heterocycles. The molecule has 1 aromatic carbocycles. The minimum atomic E-state index is 0.0286. The van der Waals surface area contributed by atoms with Crippen molar-refractivity contribution in [1.82, 2.24) is 0 Å². The molecule has 1 aromatic rings. The lowest BCUT2D eigenvalue weighted by molar-refractivity contribution is 0.127. The number of rotatable bonds is 3. The molecule has 2 heteroatoms. The minimum absolute atomic E-state index is 0.0286. The minimum Gasteiger partial charge on any atom is -0.490 e. The van der Waals surface area contributed by atoms with E-state index in [1.165, 1.54) is 31.2 Å². The molecule has 0 radical (unpaired) electrons. The second kappa shape index (κ2) is 5.75. The van der Waals surface area contributed by atoms with Crippen molar-refractivity contribution in [3.05, 3.63) is 29.3 Å². The lowest BCUT2D eigenvalue weighted by Crippen LogP contribution is -2.25. The summed E-state index contributed by atoms with van der Waals surface area (Å²) in [5.41, 5.74) is 8.41. The lowest BCUT2D eigenvalue weighted by Gasteiger charge is -2.28. The molecule has 1 saturated carbocycles. The number of benzene rings is 1. The van der Waals surface area contributed by atoms with Crippen molar-refractivity contribution < 1.29 is 4.74 Å². The van der Waals surface area contributed by atoms with Crippen molar-refractivity contribution >= 4 is 0 Å². The number of ether oxygens (including phenoxy) is 1. The van der Waals surface area contributed by atoms with E-state index in [0.29, 0.717) is 6.10 Å². The summed E-state index contributed by atoms with van der Waals surface area (Å²) < 4.78 is 6.19. The summed E-state index contributed by atoms with van der Waals surface area (Å²) in [4.78, 5) is 0. The third kappa shape index (κ3) is 3.26. The van der Waals surface area contributed by atoms with Crippen LogP contribution in [0.1, 0.15) is 56.7 Å². The van der Waals surface area contributed by atoms with Gasteiger partial charge < -0.3 is 10.5 Å². The highest BCUT2D eigenvalue weighted by atomic mass is 16.5. The van der Waals surface area contributed by atoms with E-state index in [9.17, 15) is 0 Å². The molecule has 1 aliphatic rings. The summed E-state index contributed by atoms with van der Waals surface area (Å²) in [7, 11) is 0. The Kier molecular flexibility index (Phi) is 4.28. The predicted octanol–water partition coefficient (Wildman–Crippen LogP) is 3.97. The van der Waals surface area contributed by atoms with Crippen molar-refractivity contribution in [2.75, 3.05) is 0 Å². The van der Waals surface area contributed by atoms with Gasteiger partial charge in [0.05, 0.1) is 6.10 Å². The van der Waals surface area contributed by atoms with Crippen LogP contribution in [-0.2, 0) is 0 Å². The quantitative estimate of drug-likeness (QED) is 0.877. The maximum Gasteiger partial charge on any atom is 0.124 e. The SMILES string of the molecule is Cc1ccc(OC2CCCC(C)C2)c(C(C)N)c1. The van der Waals surface area contributed by atoms with Gasteiger partial charge in [0, 0.05) is 11.6 Å². The molecule has 0 amide bonds. The Labute approximate surface area is 111 Å². The van der Waals surface area contributed by atoms with Gasteiger partial charge in [0.15, 0.2) is 0 Å². The van der Waals surface area contributed by atoms with E-state index in [0.717, 1.165) is 17.2 Å². The Balaban J connectivity index is 2.12. The highest BCUT2D eigenvalue weighted by Gasteiger charge is 2.21. The molecule has 3 atom stereocenters. The fourth-order valence-corrected chi connectivity index (χ4v) is 2.80. The molecule has 3 unspecified atom stereocenters. The van der Waals surface area contributed by atoms with Gasteiger partial charge in [-0.15, -0.1) is 0 Å². The Bertz CT molecular complexity index is 400. The molecule has 2 nitrogen and oxygen atoms in total. The molecular formula is C16H25NO. The Morgan fingerprint density at radius 1 is 1.33 bits per heavy atom. The predicted molar refractivity (Wildman–Crippen MR) is 75.8 cm³/mol.